The number of rotatable bonds is 6. The van der Waals surface area contributed by atoms with Crippen molar-refractivity contribution in [2.24, 2.45) is 5.73 Å². The van der Waals surface area contributed by atoms with Crippen LogP contribution in [0.5, 0.6) is 0 Å². The van der Waals surface area contributed by atoms with E-state index < -0.39 is 23.8 Å². The number of nitrogens with zero attached hydrogens (tertiary/aromatic N) is 3. The van der Waals surface area contributed by atoms with E-state index in [4.69, 9.17) is 10.8 Å². The van der Waals surface area contributed by atoms with E-state index in [0.29, 0.717) is 16.8 Å². The van der Waals surface area contributed by atoms with Crippen LogP contribution in [0.3, 0.4) is 0 Å². The zero-order valence-corrected chi connectivity index (χ0v) is 14.9. The van der Waals surface area contributed by atoms with Gasteiger partial charge in [-0.25, -0.2) is 4.98 Å². The molecule has 3 rings (SSSR count). The second kappa shape index (κ2) is 8.11. The van der Waals surface area contributed by atoms with E-state index in [2.05, 4.69) is 4.98 Å². The molecule has 0 bridgehead atoms. The van der Waals surface area contributed by atoms with Gasteiger partial charge in [0.2, 0.25) is 5.91 Å². The Hall–Kier alpha value is -3.04. The number of aliphatic carboxylic acids is 1. The minimum Gasteiger partial charge on any atom is -0.480 e. The summed E-state index contributed by atoms with van der Waals surface area (Å²) in [5.74, 6) is -2.37. The van der Waals surface area contributed by atoms with Crippen molar-refractivity contribution in [2.75, 3.05) is 6.54 Å². The molecule has 0 fully saturated rings. The Morgan fingerprint density at radius 2 is 1.74 bits per heavy atom. The summed E-state index contributed by atoms with van der Waals surface area (Å²) < 4.78 is 1.20. The second-order valence-corrected chi connectivity index (χ2v) is 5.87. The molecule has 0 aliphatic carbocycles. The van der Waals surface area contributed by atoms with Crippen molar-refractivity contribution >= 4 is 36.1 Å². The number of amides is 2. The Morgan fingerprint density at radius 1 is 1.15 bits per heavy atom. The number of benzene rings is 1. The highest BCUT2D eigenvalue weighted by atomic mass is 35.5. The van der Waals surface area contributed by atoms with Crippen molar-refractivity contribution in [3.63, 3.8) is 0 Å². The highest BCUT2D eigenvalue weighted by Gasteiger charge is 2.35. The van der Waals surface area contributed by atoms with E-state index in [1.165, 1.54) is 17.1 Å². The molecule has 0 saturated carbocycles. The van der Waals surface area contributed by atoms with Gasteiger partial charge in [0.25, 0.3) is 11.8 Å². The normalized spacial score (nSPS) is 13.9. The number of hydrogen-bond donors (Lipinski definition) is 2. The number of carbonyl (C=O) groups excluding carboxylic acids is 3. The number of halogens is 1. The summed E-state index contributed by atoms with van der Waals surface area (Å²) >= 11 is 0. The molecule has 0 spiro atoms. The highest BCUT2D eigenvalue weighted by Crippen LogP contribution is 2.22. The van der Waals surface area contributed by atoms with Crippen molar-refractivity contribution in [1.29, 1.82) is 0 Å². The minimum atomic E-state index is -1.16. The number of imide groups is 1. The summed E-state index contributed by atoms with van der Waals surface area (Å²) in [5, 5.41) is 8.79. The lowest BCUT2D eigenvalue weighted by Gasteiger charge is -2.13. The van der Waals surface area contributed by atoms with Gasteiger partial charge in [-0.2, -0.15) is 0 Å². The van der Waals surface area contributed by atoms with Gasteiger partial charge in [0.1, 0.15) is 12.4 Å². The quantitative estimate of drug-likeness (QED) is 0.686. The number of carboxylic acids is 1. The third-order valence-corrected chi connectivity index (χ3v) is 4.10. The van der Waals surface area contributed by atoms with E-state index in [1.54, 1.807) is 24.3 Å². The zero-order valence-electron chi connectivity index (χ0n) is 14.1. The first-order valence-corrected chi connectivity index (χ1v) is 7.88. The minimum absolute atomic E-state index is 0. The Morgan fingerprint density at radius 3 is 2.30 bits per heavy atom. The molecule has 1 aromatic carbocycles. The maximum atomic E-state index is 12.3. The van der Waals surface area contributed by atoms with Crippen LogP contribution in [0.1, 0.15) is 37.6 Å². The Labute approximate surface area is 160 Å². The molecule has 10 heteroatoms. The molecule has 3 N–H and O–H groups in total. The SMILES string of the molecule is Cl.N[C@@H](Cc1cn(C(=O)CCN2C(=O)c3ccccc3C2=O)cn1)C(=O)O. The fraction of sp³-hybridized carbons (Fsp3) is 0.235. The monoisotopic (exact) mass is 392 g/mol. The van der Waals surface area contributed by atoms with Crippen LogP contribution in [0.2, 0.25) is 0 Å². The molecule has 27 heavy (non-hydrogen) atoms. The highest BCUT2D eigenvalue weighted by molar-refractivity contribution is 6.21. The van der Waals surface area contributed by atoms with Crippen molar-refractivity contribution in [3.8, 4) is 0 Å². The molecule has 2 amide bonds. The van der Waals surface area contributed by atoms with Gasteiger partial charge in [-0.15, -0.1) is 12.4 Å². The molecule has 142 valence electrons. The van der Waals surface area contributed by atoms with Crippen LogP contribution < -0.4 is 5.73 Å². The lowest BCUT2D eigenvalue weighted by molar-refractivity contribution is -0.138. The van der Waals surface area contributed by atoms with Crippen LogP contribution in [0.15, 0.2) is 36.8 Å². The van der Waals surface area contributed by atoms with E-state index in [-0.39, 0.29) is 37.7 Å². The number of carbonyl (C=O) groups is 4. The average Bonchev–Trinajstić information content (AvgIpc) is 3.18. The fourth-order valence-corrected chi connectivity index (χ4v) is 2.70. The molecule has 0 unspecified atom stereocenters. The predicted octanol–water partition coefficient (Wildman–Crippen LogP) is 0.586. The van der Waals surface area contributed by atoms with Crippen molar-refractivity contribution < 1.29 is 24.3 Å². The van der Waals surface area contributed by atoms with Gasteiger partial charge in [0, 0.05) is 25.6 Å². The molecular weight excluding hydrogens is 376 g/mol. The van der Waals surface area contributed by atoms with E-state index >= 15 is 0 Å². The van der Waals surface area contributed by atoms with E-state index in [0.717, 1.165) is 4.90 Å². The number of hydrogen-bond acceptors (Lipinski definition) is 6. The maximum Gasteiger partial charge on any atom is 0.320 e. The molecule has 1 atom stereocenters. The predicted molar refractivity (Wildman–Crippen MR) is 95.8 cm³/mol. The summed E-state index contributed by atoms with van der Waals surface area (Å²) in [6, 6.07) is 5.39. The Kier molecular flexibility index (Phi) is 6.09. The van der Waals surface area contributed by atoms with E-state index in [9.17, 15) is 19.2 Å². The Bertz CT molecular complexity index is 875. The van der Waals surface area contributed by atoms with Crippen LogP contribution >= 0.6 is 12.4 Å². The lowest BCUT2D eigenvalue weighted by atomic mass is 10.1. The number of fused-ring (bicyclic) bond motifs is 1. The van der Waals surface area contributed by atoms with Crippen molar-refractivity contribution in [1.82, 2.24) is 14.5 Å². The van der Waals surface area contributed by atoms with Gasteiger partial charge < -0.3 is 10.8 Å². The van der Waals surface area contributed by atoms with Gasteiger partial charge >= 0.3 is 5.97 Å². The summed E-state index contributed by atoms with van der Waals surface area (Å²) in [5.41, 5.74) is 6.46. The second-order valence-electron chi connectivity index (χ2n) is 5.87. The number of imidazole rings is 1. The van der Waals surface area contributed by atoms with Crippen LogP contribution in [0.4, 0.5) is 0 Å². The maximum absolute atomic E-state index is 12.3. The van der Waals surface area contributed by atoms with E-state index in [1.807, 2.05) is 0 Å². The van der Waals surface area contributed by atoms with Crippen molar-refractivity contribution in [2.45, 2.75) is 18.9 Å². The standard InChI is InChI=1S/C17H16N4O5.ClH/c18-13(17(25)26)7-10-8-20(9-19-10)14(22)5-6-21-15(23)11-3-1-2-4-12(11)16(21)24;/h1-4,8-9,13H,5-7,18H2,(H,25,26);1H/t13-;/m0./s1. The smallest absolute Gasteiger partial charge is 0.320 e. The molecule has 2 aromatic rings. The van der Waals surface area contributed by atoms with Gasteiger partial charge in [-0.3, -0.25) is 28.6 Å². The Balaban J connectivity index is 0.00000261. The largest absolute Gasteiger partial charge is 0.480 e. The van der Waals surface area contributed by atoms with Crippen molar-refractivity contribution in [3.05, 3.63) is 53.6 Å². The zero-order chi connectivity index (χ0) is 18.8. The molecule has 1 aliphatic rings. The molecule has 2 heterocycles. The van der Waals surface area contributed by atoms with Crippen LogP contribution in [0.25, 0.3) is 0 Å². The molecule has 9 nitrogen and oxygen atoms in total. The number of aromatic nitrogens is 2. The first-order chi connectivity index (χ1) is 12.4. The summed E-state index contributed by atoms with van der Waals surface area (Å²) in [7, 11) is 0. The summed E-state index contributed by atoms with van der Waals surface area (Å²) in [4.78, 5) is 52.5. The molecular formula is C17H17ClN4O5. The van der Waals surface area contributed by atoms with Gasteiger partial charge in [0.15, 0.2) is 0 Å². The number of carboxylic acid groups (broad SMARTS) is 1. The average molecular weight is 393 g/mol. The third-order valence-electron chi connectivity index (χ3n) is 4.10. The van der Waals surface area contributed by atoms with Gasteiger partial charge in [-0.1, -0.05) is 12.1 Å². The topological polar surface area (TPSA) is 136 Å². The molecule has 0 radical (unpaired) electrons. The lowest BCUT2D eigenvalue weighted by Crippen LogP contribution is -2.32. The molecule has 0 saturated heterocycles. The molecule has 1 aromatic heterocycles. The van der Waals surface area contributed by atoms with Crippen LogP contribution in [-0.2, 0) is 11.2 Å². The first kappa shape index (κ1) is 20.3. The first-order valence-electron chi connectivity index (χ1n) is 7.88. The van der Waals surface area contributed by atoms with Crippen LogP contribution in [0, 0.1) is 0 Å². The van der Waals surface area contributed by atoms with Gasteiger partial charge in [0.05, 0.1) is 16.8 Å². The number of nitrogens with two attached hydrogens (primary N) is 1. The summed E-state index contributed by atoms with van der Waals surface area (Å²) in [6.07, 6.45) is 2.57. The summed E-state index contributed by atoms with van der Waals surface area (Å²) in [6.45, 7) is -0.0483. The van der Waals surface area contributed by atoms with Crippen LogP contribution in [-0.4, -0.2) is 55.8 Å². The fourth-order valence-electron chi connectivity index (χ4n) is 2.70. The van der Waals surface area contributed by atoms with Gasteiger partial charge in [-0.05, 0) is 12.1 Å². The third kappa shape index (κ3) is 4.04. The molecule has 1 aliphatic heterocycles.